The van der Waals surface area contributed by atoms with Crippen molar-refractivity contribution in [3.8, 4) is 0 Å². The Morgan fingerprint density at radius 2 is 1.86 bits per heavy atom. The molecule has 0 aromatic rings. The topological polar surface area (TPSA) is 54.0 Å². The molecule has 39 valence electrons. The van der Waals surface area contributed by atoms with E-state index in [4.69, 9.17) is 0 Å². The molecule has 0 aromatic heterocycles. The minimum Gasteiger partial charge on any atom is -0.286 e. The van der Waals surface area contributed by atoms with E-state index in [1.807, 2.05) is 0 Å². The maximum absolute atomic E-state index is 9.80. The molecular weight excluding hydrogens is 164 g/mol. The van der Waals surface area contributed by atoms with Gasteiger partial charge in [-0.3, -0.25) is 4.79 Å². The fourth-order valence-electron chi connectivity index (χ4n) is 0.0546. The molecule has 0 saturated carbocycles. The molecule has 0 unspecified atom stereocenters. The molecule has 0 fully saturated rings. The summed E-state index contributed by atoms with van der Waals surface area (Å²) in [6, 6.07) is 0. The van der Waals surface area contributed by atoms with E-state index >= 15 is 0 Å². The number of ketones is 1. The standard InChI is InChI=1S/C3H2BrO3/c4-1-2(5)3(6)7/h1H2. The average Bonchev–Trinajstić information content (AvgIpc) is 1.65. The Bertz CT molecular complexity index is 98.4. The molecule has 0 heterocycles. The molecule has 0 aliphatic heterocycles. The molecule has 0 aromatic carbocycles. The van der Waals surface area contributed by atoms with E-state index in [1.165, 1.54) is 0 Å². The van der Waals surface area contributed by atoms with E-state index in [0.717, 1.165) is 0 Å². The second-order valence-corrected chi connectivity index (χ2v) is 1.40. The highest BCUT2D eigenvalue weighted by Gasteiger charge is 2.09. The predicted molar refractivity (Wildman–Crippen MR) is 24.5 cm³/mol. The van der Waals surface area contributed by atoms with Crippen LogP contribution in [0.3, 0.4) is 0 Å². The fraction of sp³-hybridized carbons (Fsp3) is 0.333. The van der Waals surface area contributed by atoms with Crippen LogP contribution in [0.4, 0.5) is 0 Å². The summed E-state index contributed by atoms with van der Waals surface area (Å²) in [5.74, 6) is -2.57. The Kier molecular flexibility index (Phi) is 2.59. The summed E-state index contributed by atoms with van der Waals surface area (Å²) in [6.07, 6.45) is 0. The molecule has 3 nitrogen and oxygen atoms in total. The first kappa shape index (κ1) is 6.62. The average molecular weight is 166 g/mol. The van der Waals surface area contributed by atoms with E-state index in [2.05, 4.69) is 15.9 Å². The molecule has 0 rings (SSSR count). The highest BCUT2D eigenvalue weighted by atomic mass is 79.9. The molecule has 0 saturated heterocycles. The summed E-state index contributed by atoms with van der Waals surface area (Å²) < 4.78 is 0. The summed E-state index contributed by atoms with van der Waals surface area (Å²) in [5, 5.41) is 9.27. The Hall–Kier alpha value is -0.380. The number of carbonyl (C=O) groups excluding carboxylic acids is 2. The summed E-state index contributed by atoms with van der Waals surface area (Å²) in [5.41, 5.74) is 0. The first-order chi connectivity index (χ1) is 3.18. The Morgan fingerprint density at radius 3 is 1.86 bits per heavy atom. The van der Waals surface area contributed by atoms with Gasteiger partial charge in [0.15, 0.2) is 0 Å². The second-order valence-electron chi connectivity index (χ2n) is 0.844. The van der Waals surface area contributed by atoms with Gasteiger partial charge < -0.3 is 0 Å². The minimum absolute atomic E-state index is 0.171. The van der Waals surface area contributed by atoms with Gasteiger partial charge in [0.1, 0.15) is 0 Å². The maximum Gasteiger partial charge on any atom is 0.422 e. The van der Waals surface area contributed by atoms with Gasteiger partial charge in [0.25, 0.3) is 5.78 Å². The van der Waals surface area contributed by atoms with Crippen LogP contribution in [0.1, 0.15) is 0 Å². The van der Waals surface area contributed by atoms with Crippen molar-refractivity contribution in [1.29, 1.82) is 0 Å². The summed E-state index contributed by atoms with van der Waals surface area (Å²) >= 11 is 2.64. The van der Waals surface area contributed by atoms with Gasteiger partial charge in [-0.1, -0.05) is 15.9 Å². The zero-order valence-electron chi connectivity index (χ0n) is 3.31. The van der Waals surface area contributed by atoms with Crippen molar-refractivity contribution in [2.45, 2.75) is 0 Å². The number of halogens is 1. The summed E-state index contributed by atoms with van der Waals surface area (Å²) in [6.45, 7) is 0. The van der Waals surface area contributed by atoms with E-state index in [-0.39, 0.29) is 5.33 Å². The largest absolute Gasteiger partial charge is 0.422 e. The van der Waals surface area contributed by atoms with Crippen LogP contribution >= 0.6 is 15.9 Å². The Balaban J connectivity index is 3.58. The van der Waals surface area contributed by atoms with Crippen molar-refractivity contribution in [2.24, 2.45) is 0 Å². The normalized spacial score (nSPS) is 8.14. The van der Waals surface area contributed by atoms with Crippen LogP contribution in [0.15, 0.2) is 0 Å². The summed E-state index contributed by atoms with van der Waals surface area (Å²) in [4.78, 5) is 19.2. The molecule has 7 heavy (non-hydrogen) atoms. The first-order valence-electron chi connectivity index (χ1n) is 1.48. The van der Waals surface area contributed by atoms with Gasteiger partial charge >= 0.3 is 5.97 Å². The van der Waals surface area contributed by atoms with Gasteiger partial charge in [0.05, 0.1) is 5.33 Å². The van der Waals surface area contributed by atoms with Crippen molar-refractivity contribution < 1.29 is 14.7 Å². The van der Waals surface area contributed by atoms with Gasteiger partial charge in [0, 0.05) is 0 Å². The van der Waals surface area contributed by atoms with E-state index < -0.39 is 11.8 Å². The zero-order valence-corrected chi connectivity index (χ0v) is 4.90. The highest BCUT2D eigenvalue weighted by Crippen LogP contribution is 1.80. The third kappa shape index (κ3) is 2.33. The number of Topliss-reactive ketones (excluding diaryl/α,β-unsaturated/α-hetero) is 1. The smallest absolute Gasteiger partial charge is 0.286 e. The van der Waals surface area contributed by atoms with E-state index in [1.54, 1.807) is 0 Å². The molecule has 0 N–H and O–H groups in total. The van der Waals surface area contributed by atoms with Gasteiger partial charge in [-0.25, -0.2) is 9.90 Å². The molecule has 0 bridgehead atoms. The van der Waals surface area contributed by atoms with Crippen LogP contribution in [-0.4, -0.2) is 17.1 Å². The number of rotatable bonds is 2. The predicted octanol–water partition coefficient (Wildman–Crippen LogP) is -0.0925. The van der Waals surface area contributed by atoms with Crippen LogP contribution in [0.25, 0.3) is 0 Å². The number of alkyl halides is 1. The van der Waals surface area contributed by atoms with Crippen molar-refractivity contribution in [1.82, 2.24) is 0 Å². The van der Waals surface area contributed by atoms with Crippen molar-refractivity contribution in [3.05, 3.63) is 0 Å². The van der Waals surface area contributed by atoms with Gasteiger partial charge in [-0.15, -0.1) is 0 Å². The molecule has 0 atom stereocenters. The zero-order chi connectivity index (χ0) is 5.86. The van der Waals surface area contributed by atoms with Crippen LogP contribution in [0.2, 0.25) is 0 Å². The molecule has 0 aliphatic rings. The first-order valence-corrected chi connectivity index (χ1v) is 2.60. The third-order valence-corrected chi connectivity index (χ3v) is 0.858. The van der Waals surface area contributed by atoms with Crippen molar-refractivity contribution >= 4 is 27.7 Å². The van der Waals surface area contributed by atoms with E-state index in [0.29, 0.717) is 0 Å². The lowest BCUT2D eigenvalue weighted by Gasteiger charge is -1.75. The lowest BCUT2D eigenvalue weighted by molar-refractivity contribution is -0.152. The van der Waals surface area contributed by atoms with E-state index in [9.17, 15) is 14.7 Å². The van der Waals surface area contributed by atoms with Gasteiger partial charge in [-0.2, -0.15) is 0 Å². The quantitative estimate of drug-likeness (QED) is 0.425. The van der Waals surface area contributed by atoms with Crippen molar-refractivity contribution in [3.63, 3.8) is 0 Å². The molecule has 1 radical (unpaired) electrons. The van der Waals surface area contributed by atoms with Crippen LogP contribution in [-0.2, 0) is 14.7 Å². The van der Waals surface area contributed by atoms with Crippen molar-refractivity contribution in [2.75, 3.05) is 5.33 Å². The van der Waals surface area contributed by atoms with Crippen LogP contribution in [0, 0.1) is 0 Å². The minimum atomic E-state index is -1.64. The third-order valence-electron chi connectivity index (χ3n) is 0.349. The van der Waals surface area contributed by atoms with Gasteiger partial charge in [-0.05, 0) is 0 Å². The molecule has 0 spiro atoms. The molecule has 0 amide bonds. The lowest BCUT2D eigenvalue weighted by atomic mass is 10.5. The number of carbonyl (C=O) groups is 2. The summed E-state index contributed by atoms with van der Waals surface area (Å²) in [7, 11) is 0. The number of hydrogen-bond acceptors (Lipinski definition) is 2. The number of hydrogen-bond donors (Lipinski definition) is 0. The monoisotopic (exact) mass is 165 g/mol. The molecular formula is C3H2BrO3. The van der Waals surface area contributed by atoms with Crippen LogP contribution in [0.5, 0.6) is 0 Å². The second kappa shape index (κ2) is 2.74. The van der Waals surface area contributed by atoms with Gasteiger partial charge in [0.2, 0.25) is 0 Å². The highest BCUT2D eigenvalue weighted by molar-refractivity contribution is 9.09. The Labute approximate surface area is 48.5 Å². The fourth-order valence-corrected chi connectivity index (χ4v) is 0.283. The molecule has 4 heteroatoms. The lowest BCUT2D eigenvalue weighted by Crippen LogP contribution is -2.11. The SMILES string of the molecule is [O]C(=O)C(=O)CBr. The Morgan fingerprint density at radius 1 is 1.43 bits per heavy atom. The maximum atomic E-state index is 9.80. The molecule has 0 aliphatic carbocycles. The van der Waals surface area contributed by atoms with Crippen LogP contribution < -0.4 is 0 Å².